The van der Waals surface area contributed by atoms with Crippen molar-refractivity contribution in [1.82, 2.24) is 4.90 Å². The van der Waals surface area contributed by atoms with E-state index in [4.69, 9.17) is 5.11 Å². The maximum Gasteiger partial charge on any atom is 0.308 e. The number of rotatable bonds is 2. The molecule has 14 heavy (non-hydrogen) atoms. The molecule has 0 amide bonds. The highest BCUT2D eigenvalue weighted by atomic mass is 16.4. The molecule has 0 aromatic heterocycles. The average Bonchev–Trinajstić information content (AvgIpc) is 2.27. The Labute approximate surface area is 85.1 Å². The predicted molar refractivity (Wildman–Crippen MR) is 54.1 cm³/mol. The SMILES string of the molecule is CC1CC(C)N(C2CCC2C(=O)O)C1. The second-order valence-corrected chi connectivity index (χ2v) is 4.98. The van der Waals surface area contributed by atoms with Gasteiger partial charge in [-0.1, -0.05) is 6.92 Å². The minimum absolute atomic E-state index is 0.0947. The van der Waals surface area contributed by atoms with E-state index in [1.54, 1.807) is 0 Å². The lowest BCUT2D eigenvalue weighted by Crippen LogP contribution is -2.51. The van der Waals surface area contributed by atoms with Crippen molar-refractivity contribution in [2.24, 2.45) is 11.8 Å². The van der Waals surface area contributed by atoms with Crippen LogP contribution >= 0.6 is 0 Å². The fraction of sp³-hybridized carbons (Fsp3) is 0.909. The summed E-state index contributed by atoms with van der Waals surface area (Å²) in [5.41, 5.74) is 0. The molecule has 0 aromatic carbocycles. The van der Waals surface area contributed by atoms with Crippen LogP contribution < -0.4 is 0 Å². The summed E-state index contributed by atoms with van der Waals surface area (Å²) in [4.78, 5) is 13.3. The second kappa shape index (κ2) is 3.54. The van der Waals surface area contributed by atoms with Gasteiger partial charge in [-0.2, -0.15) is 0 Å². The van der Waals surface area contributed by atoms with Gasteiger partial charge in [0.1, 0.15) is 0 Å². The second-order valence-electron chi connectivity index (χ2n) is 4.98. The monoisotopic (exact) mass is 197 g/mol. The van der Waals surface area contributed by atoms with Crippen LogP contribution in [0.15, 0.2) is 0 Å². The molecule has 1 aliphatic heterocycles. The summed E-state index contributed by atoms with van der Waals surface area (Å²) in [6, 6.07) is 0.907. The summed E-state index contributed by atoms with van der Waals surface area (Å²) in [5.74, 6) is 0.0378. The van der Waals surface area contributed by atoms with Crippen LogP contribution in [0.5, 0.6) is 0 Å². The zero-order valence-corrected chi connectivity index (χ0v) is 8.94. The average molecular weight is 197 g/mol. The van der Waals surface area contributed by atoms with Crippen molar-refractivity contribution >= 4 is 5.97 Å². The summed E-state index contributed by atoms with van der Waals surface area (Å²) in [6.45, 7) is 5.57. The third-order valence-corrected chi connectivity index (χ3v) is 3.81. The molecule has 1 saturated carbocycles. The van der Waals surface area contributed by atoms with E-state index in [2.05, 4.69) is 18.7 Å². The van der Waals surface area contributed by atoms with Crippen molar-refractivity contribution in [2.75, 3.05) is 6.54 Å². The zero-order chi connectivity index (χ0) is 10.3. The lowest BCUT2D eigenvalue weighted by molar-refractivity contribution is -0.149. The number of hydrogen-bond acceptors (Lipinski definition) is 2. The van der Waals surface area contributed by atoms with Gasteiger partial charge in [-0.3, -0.25) is 9.69 Å². The summed E-state index contributed by atoms with van der Waals surface area (Å²) in [5, 5.41) is 8.99. The number of carboxylic acid groups (broad SMARTS) is 1. The maximum atomic E-state index is 10.9. The van der Waals surface area contributed by atoms with Crippen LogP contribution in [0.1, 0.15) is 33.1 Å². The third kappa shape index (κ3) is 1.54. The van der Waals surface area contributed by atoms with E-state index in [9.17, 15) is 4.79 Å². The van der Waals surface area contributed by atoms with E-state index < -0.39 is 5.97 Å². The molecule has 2 rings (SSSR count). The molecular weight excluding hydrogens is 178 g/mol. The van der Waals surface area contributed by atoms with Gasteiger partial charge in [0.15, 0.2) is 0 Å². The molecule has 1 aliphatic carbocycles. The Morgan fingerprint density at radius 2 is 2.07 bits per heavy atom. The van der Waals surface area contributed by atoms with Gasteiger partial charge < -0.3 is 5.11 Å². The van der Waals surface area contributed by atoms with Gasteiger partial charge in [-0.15, -0.1) is 0 Å². The first kappa shape index (κ1) is 9.97. The lowest BCUT2D eigenvalue weighted by atomic mass is 9.78. The summed E-state index contributed by atoms with van der Waals surface area (Å²) in [7, 11) is 0. The number of hydrogen-bond donors (Lipinski definition) is 1. The summed E-state index contributed by atoms with van der Waals surface area (Å²) >= 11 is 0. The van der Waals surface area contributed by atoms with Crippen LogP contribution in [0.25, 0.3) is 0 Å². The molecule has 3 heteroatoms. The maximum absolute atomic E-state index is 10.9. The van der Waals surface area contributed by atoms with Crippen LogP contribution in [-0.4, -0.2) is 34.6 Å². The highest BCUT2D eigenvalue weighted by Crippen LogP contribution is 2.37. The van der Waals surface area contributed by atoms with E-state index >= 15 is 0 Å². The molecule has 4 unspecified atom stereocenters. The van der Waals surface area contributed by atoms with Gasteiger partial charge in [0.25, 0.3) is 0 Å². The number of nitrogens with zero attached hydrogens (tertiary/aromatic N) is 1. The molecule has 4 atom stereocenters. The van der Waals surface area contributed by atoms with Crippen LogP contribution in [0.2, 0.25) is 0 Å². The molecule has 2 aliphatic rings. The highest BCUT2D eigenvalue weighted by molar-refractivity contribution is 5.72. The fourth-order valence-electron chi connectivity index (χ4n) is 2.96. The molecule has 0 spiro atoms. The molecule has 2 fully saturated rings. The Morgan fingerprint density at radius 3 is 2.43 bits per heavy atom. The minimum atomic E-state index is -0.604. The van der Waals surface area contributed by atoms with Gasteiger partial charge in [-0.05, 0) is 32.1 Å². The van der Waals surface area contributed by atoms with Crippen LogP contribution in [-0.2, 0) is 4.79 Å². The van der Waals surface area contributed by atoms with Crippen molar-refractivity contribution < 1.29 is 9.90 Å². The molecule has 1 heterocycles. The zero-order valence-electron chi connectivity index (χ0n) is 8.94. The Hall–Kier alpha value is -0.570. The molecule has 0 aromatic rings. The standard InChI is InChI=1S/C11H19NO2/c1-7-5-8(2)12(6-7)10-4-3-9(10)11(13)14/h7-10H,3-6H2,1-2H3,(H,13,14). The molecule has 80 valence electrons. The third-order valence-electron chi connectivity index (χ3n) is 3.81. The van der Waals surface area contributed by atoms with E-state index in [-0.39, 0.29) is 5.92 Å². The quantitative estimate of drug-likeness (QED) is 0.730. The minimum Gasteiger partial charge on any atom is -0.481 e. The number of carbonyl (C=O) groups is 1. The largest absolute Gasteiger partial charge is 0.481 e. The Kier molecular flexibility index (Phi) is 2.52. The highest BCUT2D eigenvalue weighted by Gasteiger charge is 2.44. The van der Waals surface area contributed by atoms with Crippen molar-refractivity contribution in [3.8, 4) is 0 Å². The van der Waals surface area contributed by atoms with Crippen LogP contribution in [0.4, 0.5) is 0 Å². The summed E-state index contributed by atoms with van der Waals surface area (Å²) < 4.78 is 0. The molecule has 0 bridgehead atoms. The fourth-order valence-corrected chi connectivity index (χ4v) is 2.96. The molecule has 0 radical (unpaired) electrons. The van der Waals surface area contributed by atoms with Crippen molar-refractivity contribution in [2.45, 2.75) is 45.2 Å². The summed E-state index contributed by atoms with van der Waals surface area (Å²) in [6.07, 6.45) is 3.18. The Bertz CT molecular complexity index is 241. The number of aliphatic carboxylic acids is 1. The van der Waals surface area contributed by atoms with Gasteiger partial charge in [0.2, 0.25) is 0 Å². The first-order valence-corrected chi connectivity index (χ1v) is 5.58. The lowest BCUT2D eigenvalue weighted by Gasteiger charge is -2.42. The van der Waals surface area contributed by atoms with E-state index in [1.165, 1.54) is 6.42 Å². The molecule has 1 N–H and O–H groups in total. The predicted octanol–water partition coefficient (Wildman–Crippen LogP) is 1.58. The van der Waals surface area contributed by atoms with Crippen LogP contribution in [0, 0.1) is 11.8 Å². The van der Waals surface area contributed by atoms with Crippen molar-refractivity contribution in [3.05, 3.63) is 0 Å². The van der Waals surface area contributed by atoms with Gasteiger partial charge >= 0.3 is 5.97 Å². The smallest absolute Gasteiger partial charge is 0.308 e. The number of carboxylic acids is 1. The van der Waals surface area contributed by atoms with Gasteiger partial charge in [-0.25, -0.2) is 0 Å². The first-order chi connectivity index (χ1) is 6.59. The van der Waals surface area contributed by atoms with Gasteiger partial charge in [0, 0.05) is 18.6 Å². The van der Waals surface area contributed by atoms with Crippen molar-refractivity contribution in [1.29, 1.82) is 0 Å². The van der Waals surface area contributed by atoms with E-state index in [0.717, 1.165) is 25.3 Å². The Morgan fingerprint density at radius 1 is 1.36 bits per heavy atom. The van der Waals surface area contributed by atoms with E-state index in [0.29, 0.717) is 12.1 Å². The van der Waals surface area contributed by atoms with Crippen LogP contribution in [0.3, 0.4) is 0 Å². The van der Waals surface area contributed by atoms with E-state index in [1.807, 2.05) is 0 Å². The first-order valence-electron chi connectivity index (χ1n) is 5.58. The number of likely N-dealkylation sites (tertiary alicyclic amines) is 1. The molecular formula is C11H19NO2. The van der Waals surface area contributed by atoms with Crippen molar-refractivity contribution in [3.63, 3.8) is 0 Å². The normalized spacial score (nSPS) is 43.6. The topological polar surface area (TPSA) is 40.5 Å². The molecule has 1 saturated heterocycles. The van der Waals surface area contributed by atoms with Gasteiger partial charge in [0.05, 0.1) is 5.92 Å². The Balaban J connectivity index is 1.99. The molecule has 3 nitrogen and oxygen atoms in total.